The van der Waals surface area contributed by atoms with Crippen LogP contribution in [0.3, 0.4) is 0 Å². The minimum absolute atomic E-state index is 0.00573. The standard InChI is InChI=1S/C19H17ClN4O4S/c1-28-16(26)8-10-24-18(27)12-5-2-3-6-13(12)23-19(24)29-11-15(25)22-14-7-4-9-21-17(14)20/h2-7,9H,8,10-11H2,1H3,(H,22,25). The molecule has 3 rings (SSSR count). The molecule has 0 atom stereocenters. The summed E-state index contributed by atoms with van der Waals surface area (Å²) in [5.41, 5.74) is 0.636. The third-order valence-corrected chi connectivity index (χ3v) is 5.24. The predicted octanol–water partition coefficient (Wildman–Crippen LogP) is 2.74. The van der Waals surface area contributed by atoms with Gasteiger partial charge in [-0.15, -0.1) is 0 Å². The van der Waals surface area contributed by atoms with Crippen LogP contribution in [0, 0.1) is 0 Å². The smallest absolute Gasteiger partial charge is 0.307 e. The van der Waals surface area contributed by atoms with Crippen LogP contribution < -0.4 is 10.9 Å². The second kappa shape index (κ2) is 9.53. The van der Waals surface area contributed by atoms with E-state index in [1.54, 1.807) is 36.4 Å². The molecule has 10 heteroatoms. The van der Waals surface area contributed by atoms with Crippen molar-refractivity contribution in [2.45, 2.75) is 18.1 Å². The van der Waals surface area contributed by atoms with Crippen molar-refractivity contribution in [2.24, 2.45) is 0 Å². The monoisotopic (exact) mass is 432 g/mol. The van der Waals surface area contributed by atoms with Gasteiger partial charge in [0.2, 0.25) is 5.91 Å². The average molecular weight is 433 g/mol. The summed E-state index contributed by atoms with van der Waals surface area (Å²) < 4.78 is 6.03. The van der Waals surface area contributed by atoms with Crippen molar-refractivity contribution in [3.05, 3.63) is 58.1 Å². The van der Waals surface area contributed by atoms with Crippen LogP contribution in [-0.4, -0.2) is 39.3 Å². The molecule has 0 aliphatic carbocycles. The van der Waals surface area contributed by atoms with Crippen LogP contribution in [-0.2, 0) is 20.9 Å². The van der Waals surface area contributed by atoms with E-state index in [0.29, 0.717) is 21.7 Å². The Bertz CT molecular complexity index is 1120. The molecule has 0 fully saturated rings. The second-order valence-corrected chi connectivity index (χ2v) is 7.17. The highest BCUT2D eigenvalue weighted by molar-refractivity contribution is 7.99. The molecule has 3 aromatic rings. The van der Waals surface area contributed by atoms with Crippen LogP contribution in [0.4, 0.5) is 5.69 Å². The van der Waals surface area contributed by atoms with E-state index < -0.39 is 5.97 Å². The number of fused-ring (bicyclic) bond motifs is 1. The van der Waals surface area contributed by atoms with Gasteiger partial charge < -0.3 is 10.1 Å². The summed E-state index contributed by atoms with van der Waals surface area (Å²) in [5.74, 6) is -0.773. The number of nitrogens with zero attached hydrogens (tertiary/aromatic N) is 3. The number of hydrogen-bond acceptors (Lipinski definition) is 7. The number of methoxy groups -OCH3 is 1. The fourth-order valence-corrected chi connectivity index (χ4v) is 3.55. The lowest BCUT2D eigenvalue weighted by molar-refractivity contribution is -0.140. The highest BCUT2D eigenvalue weighted by Crippen LogP contribution is 2.21. The number of pyridine rings is 1. The number of rotatable bonds is 7. The van der Waals surface area contributed by atoms with Gasteiger partial charge in [0, 0.05) is 12.7 Å². The third-order valence-electron chi connectivity index (χ3n) is 3.96. The Balaban J connectivity index is 1.83. The largest absolute Gasteiger partial charge is 0.469 e. The predicted molar refractivity (Wildman–Crippen MR) is 111 cm³/mol. The molecule has 0 spiro atoms. The summed E-state index contributed by atoms with van der Waals surface area (Å²) in [6.07, 6.45) is 1.53. The molecule has 1 aromatic carbocycles. The maximum Gasteiger partial charge on any atom is 0.307 e. The highest BCUT2D eigenvalue weighted by atomic mass is 35.5. The number of para-hydroxylation sites is 1. The number of nitrogens with one attached hydrogen (secondary N) is 1. The van der Waals surface area contributed by atoms with Crippen LogP contribution in [0.15, 0.2) is 52.5 Å². The number of halogens is 1. The van der Waals surface area contributed by atoms with E-state index in [1.165, 1.54) is 17.9 Å². The second-order valence-electron chi connectivity index (χ2n) is 5.87. The average Bonchev–Trinajstić information content (AvgIpc) is 2.73. The van der Waals surface area contributed by atoms with E-state index in [4.69, 9.17) is 11.6 Å². The molecule has 0 unspecified atom stereocenters. The molecule has 150 valence electrons. The first-order chi connectivity index (χ1) is 14.0. The molecule has 0 radical (unpaired) electrons. The van der Waals surface area contributed by atoms with Crippen molar-refractivity contribution in [1.29, 1.82) is 0 Å². The van der Waals surface area contributed by atoms with Gasteiger partial charge in [0.25, 0.3) is 5.56 Å². The first kappa shape index (κ1) is 20.8. The first-order valence-corrected chi connectivity index (χ1v) is 9.95. The lowest BCUT2D eigenvalue weighted by Crippen LogP contribution is -2.25. The number of carbonyl (C=O) groups is 2. The van der Waals surface area contributed by atoms with E-state index in [0.717, 1.165) is 11.8 Å². The molecule has 0 saturated carbocycles. The number of thioether (sulfide) groups is 1. The fourth-order valence-electron chi connectivity index (χ4n) is 2.56. The van der Waals surface area contributed by atoms with Gasteiger partial charge in [0.05, 0.1) is 35.9 Å². The van der Waals surface area contributed by atoms with Crippen molar-refractivity contribution < 1.29 is 14.3 Å². The molecule has 8 nitrogen and oxygen atoms in total. The Labute approximate surface area is 175 Å². The van der Waals surface area contributed by atoms with Crippen LogP contribution >= 0.6 is 23.4 Å². The van der Waals surface area contributed by atoms with Crippen molar-refractivity contribution in [3.63, 3.8) is 0 Å². The topological polar surface area (TPSA) is 103 Å². The minimum Gasteiger partial charge on any atom is -0.469 e. The van der Waals surface area contributed by atoms with Gasteiger partial charge in [-0.3, -0.25) is 19.0 Å². The van der Waals surface area contributed by atoms with Gasteiger partial charge >= 0.3 is 5.97 Å². The van der Waals surface area contributed by atoms with Crippen molar-refractivity contribution >= 4 is 51.8 Å². The zero-order valence-electron chi connectivity index (χ0n) is 15.4. The van der Waals surface area contributed by atoms with Gasteiger partial charge in [-0.2, -0.15) is 0 Å². The molecule has 0 aliphatic heterocycles. The molecular formula is C19H17ClN4O4S. The third kappa shape index (κ3) is 5.12. The highest BCUT2D eigenvalue weighted by Gasteiger charge is 2.15. The Kier molecular flexibility index (Phi) is 6.84. The van der Waals surface area contributed by atoms with E-state index in [9.17, 15) is 14.4 Å². The summed E-state index contributed by atoms with van der Waals surface area (Å²) in [7, 11) is 1.29. The number of ether oxygens (including phenoxy) is 1. The zero-order chi connectivity index (χ0) is 20.8. The Morgan fingerprint density at radius 2 is 2.03 bits per heavy atom. The first-order valence-electron chi connectivity index (χ1n) is 8.59. The number of esters is 1. The molecule has 29 heavy (non-hydrogen) atoms. The number of hydrogen-bond donors (Lipinski definition) is 1. The van der Waals surface area contributed by atoms with E-state index >= 15 is 0 Å². The maximum atomic E-state index is 12.9. The molecule has 2 aromatic heterocycles. The Hall–Kier alpha value is -2.91. The van der Waals surface area contributed by atoms with Crippen molar-refractivity contribution in [3.8, 4) is 0 Å². The number of benzene rings is 1. The maximum absolute atomic E-state index is 12.9. The molecule has 0 bridgehead atoms. The van der Waals surface area contributed by atoms with Gasteiger partial charge in [-0.25, -0.2) is 9.97 Å². The van der Waals surface area contributed by atoms with Crippen LogP contribution in [0.5, 0.6) is 0 Å². The Morgan fingerprint density at radius 3 is 2.79 bits per heavy atom. The molecule has 0 aliphatic rings. The van der Waals surface area contributed by atoms with E-state index in [-0.39, 0.29) is 35.3 Å². The lowest BCUT2D eigenvalue weighted by Gasteiger charge is -2.13. The van der Waals surface area contributed by atoms with Crippen molar-refractivity contribution in [2.75, 3.05) is 18.2 Å². The zero-order valence-corrected chi connectivity index (χ0v) is 17.0. The van der Waals surface area contributed by atoms with Gasteiger partial charge in [-0.05, 0) is 24.3 Å². The van der Waals surface area contributed by atoms with Crippen LogP contribution in [0.25, 0.3) is 10.9 Å². The van der Waals surface area contributed by atoms with E-state index in [1.807, 2.05) is 0 Å². The quantitative estimate of drug-likeness (QED) is 0.265. The number of anilines is 1. The van der Waals surface area contributed by atoms with Gasteiger partial charge in [-0.1, -0.05) is 35.5 Å². The molecule has 0 saturated heterocycles. The molecule has 1 N–H and O–H groups in total. The minimum atomic E-state index is -0.440. The molecular weight excluding hydrogens is 416 g/mol. The summed E-state index contributed by atoms with van der Waals surface area (Å²) in [5, 5.41) is 3.63. The number of carbonyl (C=O) groups excluding carboxylic acids is 2. The number of amides is 1. The van der Waals surface area contributed by atoms with Crippen LogP contribution in [0.1, 0.15) is 6.42 Å². The molecule has 2 heterocycles. The van der Waals surface area contributed by atoms with E-state index in [2.05, 4.69) is 20.0 Å². The van der Waals surface area contributed by atoms with Gasteiger partial charge in [0.1, 0.15) is 0 Å². The summed E-state index contributed by atoms with van der Waals surface area (Å²) in [6.45, 7) is 0.0989. The Morgan fingerprint density at radius 1 is 1.24 bits per heavy atom. The lowest BCUT2D eigenvalue weighted by atomic mass is 10.2. The fraction of sp³-hybridized carbons (Fsp3) is 0.211. The van der Waals surface area contributed by atoms with Gasteiger partial charge in [0.15, 0.2) is 10.3 Å². The SMILES string of the molecule is COC(=O)CCn1c(SCC(=O)Nc2cccnc2Cl)nc2ccccc2c1=O. The van der Waals surface area contributed by atoms with Crippen molar-refractivity contribution in [1.82, 2.24) is 14.5 Å². The summed E-state index contributed by atoms with van der Waals surface area (Å²) >= 11 is 7.04. The normalized spacial score (nSPS) is 10.7. The van der Waals surface area contributed by atoms with Crippen LogP contribution in [0.2, 0.25) is 5.15 Å². The summed E-state index contributed by atoms with van der Waals surface area (Å²) in [6, 6.07) is 10.2. The number of aromatic nitrogens is 3. The molecule has 1 amide bonds. The summed E-state index contributed by atoms with van der Waals surface area (Å²) in [4.78, 5) is 45.1.